The van der Waals surface area contributed by atoms with E-state index in [4.69, 9.17) is 10.5 Å². The molecule has 1 amide bonds. The van der Waals surface area contributed by atoms with Gasteiger partial charge < -0.3 is 15.8 Å². The van der Waals surface area contributed by atoms with Gasteiger partial charge in [-0.1, -0.05) is 206 Å². The molecule has 0 heterocycles. The summed E-state index contributed by atoms with van der Waals surface area (Å²) in [6.07, 6.45) is 42.6. The van der Waals surface area contributed by atoms with Crippen LogP contribution in [0.2, 0.25) is 0 Å². The summed E-state index contributed by atoms with van der Waals surface area (Å²) in [7, 11) is 0. The summed E-state index contributed by atoms with van der Waals surface area (Å²) in [5, 5.41) is 3.23. The van der Waals surface area contributed by atoms with Crippen molar-refractivity contribution in [3.8, 4) is 0 Å². The molecule has 0 saturated carbocycles. The lowest BCUT2D eigenvalue weighted by Gasteiger charge is -2.16. The van der Waals surface area contributed by atoms with E-state index in [0.29, 0.717) is 6.61 Å². The molecule has 1 atom stereocenters. The third-order valence-electron chi connectivity index (χ3n) is 9.35. The third kappa shape index (κ3) is 35.6. The van der Waals surface area contributed by atoms with Gasteiger partial charge in [0.05, 0.1) is 13.0 Å². The minimum absolute atomic E-state index is 0.0106. The van der Waals surface area contributed by atoms with Gasteiger partial charge in [0.1, 0.15) is 6.04 Å². The monoisotopic (exact) mass is 637 g/mol. The van der Waals surface area contributed by atoms with Crippen molar-refractivity contribution in [2.75, 3.05) is 13.2 Å². The first-order valence-electron chi connectivity index (χ1n) is 20.3. The fourth-order valence-corrected chi connectivity index (χ4v) is 6.31. The van der Waals surface area contributed by atoms with E-state index in [2.05, 4.69) is 19.2 Å². The summed E-state index contributed by atoms with van der Waals surface area (Å²) in [6, 6.07) is -0.611. The zero-order valence-electron chi connectivity index (χ0n) is 30.6. The Kier molecular flexibility index (Phi) is 36.4. The van der Waals surface area contributed by atoms with E-state index in [1.807, 2.05) is 0 Å². The van der Waals surface area contributed by atoms with Crippen molar-refractivity contribution in [3.63, 3.8) is 0 Å². The average molecular weight is 637 g/mol. The quantitative estimate of drug-likeness (QED) is 0.0522. The molecule has 5 heteroatoms. The van der Waals surface area contributed by atoms with Crippen LogP contribution in [0, 0.1) is 0 Å². The van der Waals surface area contributed by atoms with E-state index < -0.39 is 11.9 Å². The number of nitrogens with one attached hydrogen (secondary N) is 1. The molecule has 0 aliphatic carbocycles. The molecule has 0 bridgehead atoms. The smallest absolute Gasteiger partial charge is 0.323 e. The van der Waals surface area contributed by atoms with Crippen molar-refractivity contribution in [1.82, 2.24) is 5.32 Å². The number of carbonyl (C=O) groups is 2. The Hall–Kier alpha value is -1.10. The van der Waals surface area contributed by atoms with Crippen LogP contribution in [0.4, 0.5) is 0 Å². The molecular formula is C40H80N2O3. The number of unbranched alkanes of at least 4 members (excludes halogenated alkanes) is 30. The first kappa shape index (κ1) is 43.9. The van der Waals surface area contributed by atoms with E-state index >= 15 is 0 Å². The van der Waals surface area contributed by atoms with Gasteiger partial charge in [-0.2, -0.15) is 0 Å². The Morgan fingerprint density at radius 1 is 0.467 bits per heavy atom. The molecule has 0 aliphatic heterocycles. The van der Waals surface area contributed by atoms with Gasteiger partial charge in [-0.15, -0.1) is 0 Å². The maximum absolute atomic E-state index is 12.5. The Labute approximate surface area is 281 Å². The molecule has 0 rings (SSSR count). The standard InChI is InChI=1S/C40H80N2O3/c1-3-5-7-9-11-13-15-17-19-21-23-25-27-29-31-33-35-42-38(37-39(41)43)40(44)45-36-34-32-30-28-26-24-22-20-18-16-14-12-10-8-6-4-2/h38,42H,3-37H2,1-2H3,(H2,41,43)/t38-/m0/s1. The predicted molar refractivity (Wildman–Crippen MR) is 196 cm³/mol. The fourth-order valence-electron chi connectivity index (χ4n) is 6.31. The number of hydrogen-bond acceptors (Lipinski definition) is 4. The van der Waals surface area contributed by atoms with Crippen LogP contribution in [0.5, 0.6) is 0 Å². The molecule has 268 valence electrons. The Bertz CT molecular complexity index is 612. The van der Waals surface area contributed by atoms with Gasteiger partial charge in [-0.05, 0) is 19.4 Å². The second-order valence-electron chi connectivity index (χ2n) is 14.0. The van der Waals surface area contributed by atoms with E-state index in [1.54, 1.807) is 0 Å². The summed E-state index contributed by atoms with van der Waals surface area (Å²) >= 11 is 0. The Morgan fingerprint density at radius 2 is 0.756 bits per heavy atom. The number of carbonyl (C=O) groups excluding carboxylic acids is 2. The van der Waals surface area contributed by atoms with Crippen LogP contribution < -0.4 is 11.1 Å². The molecule has 0 saturated heterocycles. The number of primary amides is 1. The van der Waals surface area contributed by atoms with Crippen LogP contribution in [0.25, 0.3) is 0 Å². The second kappa shape index (κ2) is 37.4. The normalized spacial score (nSPS) is 12.0. The molecule has 45 heavy (non-hydrogen) atoms. The second-order valence-corrected chi connectivity index (χ2v) is 14.0. The lowest BCUT2D eigenvalue weighted by Crippen LogP contribution is -2.41. The number of rotatable bonds is 38. The fraction of sp³-hybridized carbons (Fsp3) is 0.950. The average Bonchev–Trinajstić information content (AvgIpc) is 3.03. The molecule has 5 nitrogen and oxygen atoms in total. The lowest BCUT2D eigenvalue weighted by molar-refractivity contribution is -0.147. The SMILES string of the molecule is CCCCCCCCCCCCCCCCCCN[C@@H](CC(N)=O)C(=O)OCCCCCCCCCCCCCCCCCC. The number of nitrogens with two attached hydrogens (primary N) is 1. The molecule has 0 aromatic rings. The molecular weight excluding hydrogens is 556 g/mol. The van der Waals surface area contributed by atoms with Crippen molar-refractivity contribution in [2.24, 2.45) is 5.73 Å². The van der Waals surface area contributed by atoms with Crippen LogP contribution in [-0.4, -0.2) is 31.1 Å². The van der Waals surface area contributed by atoms with Crippen LogP contribution in [-0.2, 0) is 14.3 Å². The van der Waals surface area contributed by atoms with E-state index in [-0.39, 0.29) is 12.4 Å². The van der Waals surface area contributed by atoms with Crippen molar-refractivity contribution >= 4 is 11.9 Å². The largest absolute Gasteiger partial charge is 0.465 e. The highest BCUT2D eigenvalue weighted by atomic mass is 16.5. The van der Waals surface area contributed by atoms with E-state index in [1.165, 1.54) is 180 Å². The van der Waals surface area contributed by atoms with Crippen LogP contribution >= 0.6 is 0 Å². The molecule has 0 aliphatic rings. The van der Waals surface area contributed by atoms with Crippen molar-refractivity contribution in [3.05, 3.63) is 0 Å². The molecule has 0 fully saturated rings. The number of esters is 1. The highest BCUT2D eigenvalue weighted by molar-refractivity contribution is 5.84. The summed E-state index contributed by atoms with van der Waals surface area (Å²) in [5.74, 6) is -0.787. The van der Waals surface area contributed by atoms with Crippen LogP contribution in [0.3, 0.4) is 0 Å². The van der Waals surface area contributed by atoms with Crippen LogP contribution in [0.15, 0.2) is 0 Å². The maximum atomic E-state index is 12.5. The molecule has 0 unspecified atom stereocenters. The van der Waals surface area contributed by atoms with Gasteiger partial charge in [0.15, 0.2) is 0 Å². The van der Waals surface area contributed by atoms with E-state index in [9.17, 15) is 9.59 Å². The molecule has 0 spiro atoms. The first-order valence-corrected chi connectivity index (χ1v) is 20.3. The lowest BCUT2D eigenvalue weighted by atomic mass is 10.0. The summed E-state index contributed by atoms with van der Waals surface area (Å²) in [4.78, 5) is 24.1. The Morgan fingerprint density at radius 3 is 1.07 bits per heavy atom. The zero-order chi connectivity index (χ0) is 32.9. The van der Waals surface area contributed by atoms with Crippen LogP contribution in [0.1, 0.15) is 226 Å². The van der Waals surface area contributed by atoms with E-state index in [0.717, 1.165) is 32.2 Å². The summed E-state index contributed by atoms with van der Waals surface area (Å²) in [6.45, 7) is 5.73. The zero-order valence-corrected chi connectivity index (χ0v) is 30.6. The van der Waals surface area contributed by atoms with Gasteiger partial charge in [-0.25, -0.2) is 0 Å². The molecule has 0 radical (unpaired) electrons. The van der Waals surface area contributed by atoms with Crippen molar-refractivity contribution in [1.29, 1.82) is 0 Å². The first-order chi connectivity index (χ1) is 22.1. The minimum atomic E-state index is -0.611. The Balaban J connectivity index is 3.58. The van der Waals surface area contributed by atoms with Gasteiger partial charge in [0, 0.05) is 0 Å². The predicted octanol–water partition coefficient (Wildman–Crippen LogP) is 11.9. The maximum Gasteiger partial charge on any atom is 0.323 e. The summed E-state index contributed by atoms with van der Waals surface area (Å²) in [5.41, 5.74) is 5.41. The number of amides is 1. The topological polar surface area (TPSA) is 81.4 Å². The van der Waals surface area contributed by atoms with Gasteiger partial charge in [-0.3, -0.25) is 9.59 Å². The third-order valence-corrected chi connectivity index (χ3v) is 9.35. The molecule has 3 N–H and O–H groups in total. The van der Waals surface area contributed by atoms with Crippen molar-refractivity contribution in [2.45, 2.75) is 232 Å². The number of hydrogen-bond donors (Lipinski definition) is 2. The molecule has 0 aromatic carbocycles. The number of ether oxygens (including phenoxy) is 1. The van der Waals surface area contributed by atoms with Gasteiger partial charge >= 0.3 is 5.97 Å². The molecule has 0 aromatic heterocycles. The minimum Gasteiger partial charge on any atom is -0.465 e. The summed E-state index contributed by atoms with van der Waals surface area (Å²) < 4.78 is 5.50. The highest BCUT2D eigenvalue weighted by Crippen LogP contribution is 2.15. The van der Waals surface area contributed by atoms with Gasteiger partial charge in [0.2, 0.25) is 5.91 Å². The highest BCUT2D eigenvalue weighted by Gasteiger charge is 2.21. The van der Waals surface area contributed by atoms with Gasteiger partial charge in [0.25, 0.3) is 0 Å². The van der Waals surface area contributed by atoms with Crippen molar-refractivity contribution < 1.29 is 14.3 Å².